The van der Waals surface area contributed by atoms with Crippen molar-refractivity contribution in [2.45, 2.75) is 40.2 Å². The summed E-state index contributed by atoms with van der Waals surface area (Å²) < 4.78 is 1.82. The minimum absolute atomic E-state index is 0.0111. The molecule has 2 rings (SSSR count). The largest absolute Gasteiger partial charge is 0.374 e. The highest BCUT2D eigenvalue weighted by molar-refractivity contribution is 7.18. The first-order valence-corrected chi connectivity index (χ1v) is 7.09. The van der Waals surface area contributed by atoms with Crippen molar-refractivity contribution >= 4 is 16.5 Å². The van der Waals surface area contributed by atoms with E-state index in [9.17, 15) is 4.79 Å². The molecule has 6 heteroatoms. The molecule has 2 N–H and O–H groups in total. The Labute approximate surface area is 116 Å². The predicted molar refractivity (Wildman–Crippen MR) is 78.5 cm³/mol. The number of anilines is 1. The molecule has 0 bridgehead atoms. The first-order chi connectivity index (χ1) is 8.95. The van der Waals surface area contributed by atoms with E-state index in [1.54, 1.807) is 0 Å². The maximum atomic E-state index is 12.7. The topological polar surface area (TPSA) is 73.8 Å². The second-order valence-electron chi connectivity index (χ2n) is 4.72. The van der Waals surface area contributed by atoms with Gasteiger partial charge in [0.15, 0.2) is 5.01 Å². The number of aryl methyl sites for hydroxylation is 2. The first kappa shape index (κ1) is 13.7. The standard InChI is InChI=1S/C13H18N4OS/c1-5-8(3)17-9(4)6-7(2)10(12(17)18)11-15-16-13(14)19-11/h6,8H,5H2,1-4H3,(H2,14,16). The molecule has 2 aromatic heterocycles. The third-order valence-corrected chi connectivity index (χ3v) is 4.09. The fraction of sp³-hybridized carbons (Fsp3) is 0.462. The van der Waals surface area contributed by atoms with Crippen molar-refractivity contribution in [2.24, 2.45) is 0 Å². The van der Waals surface area contributed by atoms with Crippen molar-refractivity contribution in [1.82, 2.24) is 14.8 Å². The van der Waals surface area contributed by atoms with Crippen molar-refractivity contribution in [1.29, 1.82) is 0 Å². The van der Waals surface area contributed by atoms with Crippen LogP contribution in [0, 0.1) is 13.8 Å². The molecule has 0 aromatic carbocycles. The number of nitrogens with two attached hydrogens (primary N) is 1. The average Bonchev–Trinajstić information content (AvgIpc) is 2.74. The summed E-state index contributed by atoms with van der Waals surface area (Å²) in [5, 5.41) is 8.76. The van der Waals surface area contributed by atoms with Crippen molar-refractivity contribution in [3.8, 4) is 10.6 Å². The molecule has 0 fully saturated rings. The van der Waals surface area contributed by atoms with Gasteiger partial charge < -0.3 is 10.3 Å². The molecule has 1 unspecified atom stereocenters. The van der Waals surface area contributed by atoms with Crippen LogP contribution in [0.1, 0.15) is 37.6 Å². The zero-order valence-corrected chi connectivity index (χ0v) is 12.4. The maximum absolute atomic E-state index is 12.7. The van der Waals surface area contributed by atoms with Crippen LogP contribution in [0.3, 0.4) is 0 Å². The monoisotopic (exact) mass is 278 g/mol. The van der Waals surface area contributed by atoms with Crippen molar-refractivity contribution in [2.75, 3.05) is 5.73 Å². The zero-order valence-electron chi connectivity index (χ0n) is 11.6. The number of hydrogen-bond acceptors (Lipinski definition) is 5. The molecule has 0 aliphatic carbocycles. The number of aromatic nitrogens is 3. The number of pyridine rings is 1. The van der Waals surface area contributed by atoms with Crippen LogP contribution in [0.25, 0.3) is 10.6 Å². The zero-order chi connectivity index (χ0) is 14.2. The summed E-state index contributed by atoms with van der Waals surface area (Å²) in [7, 11) is 0. The molecule has 0 amide bonds. The Bertz CT molecular complexity index is 659. The summed E-state index contributed by atoms with van der Waals surface area (Å²) in [5.74, 6) is 0. The Morgan fingerprint density at radius 1 is 1.42 bits per heavy atom. The highest BCUT2D eigenvalue weighted by atomic mass is 32.1. The third-order valence-electron chi connectivity index (χ3n) is 3.32. The Morgan fingerprint density at radius 2 is 2.11 bits per heavy atom. The maximum Gasteiger partial charge on any atom is 0.261 e. The number of nitrogen functional groups attached to an aromatic ring is 1. The van der Waals surface area contributed by atoms with E-state index >= 15 is 0 Å². The van der Waals surface area contributed by atoms with Gasteiger partial charge in [0, 0.05) is 11.7 Å². The van der Waals surface area contributed by atoms with Gasteiger partial charge in [-0.05, 0) is 38.8 Å². The minimum Gasteiger partial charge on any atom is -0.374 e. The fourth-order valence-corrected chi connectivity index (χ4v) is 2.94. The van der Waals surface area contributed by atoms with Crippen LogP contribution in [0.2, 0.25) is 0 Å². The molecule has 19 heavy (non-hydrogen) atoms. The Kier molecular flexibility index (Phi) is 3.71. The number of rotatable bonds is 3. The van der Waals surface area contributed by atoms with E-state index in [2.05, 4.69) is 17.1 Å². The highest BCUT2D eigenvalue weighted by Gasteiger charge is 2.18. The molecule has 1 atom stereocenters. The number of nitrogens with zero attached hydrogens (tertiary/aromatic N) is 3. The smallest absolute Gasteiger partial charge is 0.261 e. The Balaban J connectivity index is 2.72. The van der Waals surface area contributed by atoms with Gasteiger partial charge in [-0.15, -0.1) is 10.2 Å². The lowest BCUT2D eigenvalue weighted by Gasteiger charge is -2.18. The first-order valence-electron chi connectivity index (χ1n) is 6.27. The molecule has 2 aromatic rings. The van der Waals surface area contributed by atoms with E-state index < -0.39 is 0 Å². The molecule has 0 spiro atoms. The quantitative estimate of drug-likeness (QED) is 0.936. The van der Waals surface area contributed by atoms with Crippen LogP contribution < -0.4 is 11.3 Å². The van der Waals surface area contributed by atoms with Crippen LogP contribution in [0.4, 0.5) is 5.13 Å². The van der Waals surface area contributed by atoms with E-state index in [4.69, 9.17) is 5.73 Å². The normalized spacial score (nSPS) is 12.6. The van der Waals surface area contributed by atoms with Crippen LogP contribution in [0.15, 0.2) is 10.9 Å². The summed E-state index contributed by atoms with van der Waals surface area (Å²) in [6.45, 7) is 7.99. The third kappa shape index (κ3) is 2.40. The van der Waals surface area contributed by atoms with E-state index in [1.807, 2.05) is 31.4 Å². The van der Waals surface area contributed by atoms with Crippen molar-refractivity contribution in [3.05, 3.63) is 27.7 Å². The molecular formula is C13H18N4OS. The lowest BCUT2D eigenvalue weighted by molar-refractivity contribution is 0.503. The van der Waals surface area contributed by atoms with Crippen LogP contribution >= 0.6 is 11.3 Å². The van der Waals surface area contributed by atoms with E-state index in [0.29, 0.717) is 15.7 Å². The molecule has 0 aliphatic heterocycles. The van der Waals surface area contributed by atoms with Crippen LogP contribution in [-0.4, -0.2) is 14.8 Å². The van der Waals surface area contributed by atoms with Gasteiger partial charge in [-0.25, -0.2) is 0 Å². The lowest BCUT2D eigenvalue weighted by atomic mass is 10.1. The molecule has 0 aliphatic rings. The van der Waals surface area contributed by atoms with Gasteiger partial charge in [0.25, 0.3) is 5.56 Å². The predicted octanol–water partition coefficient (Wildman–Crippen LogP) is 2.54. The van der Waals surface area contributed by atoms with E-state index in [-0.39, 0.29) is 11.6 Å². The molecule has 0 radical (unpaired) electrons. The van der Waals surface area contributed by atoms with E-state index in [0.717, 1.165) is 17.7 Å². The number of hydrogen-bond donors (Lipinski definition) is 1. The highest BCUT2D eigenvalue weighted by Crippen LogP contribution is 2.26. The fourth-order valence-electron chi connectivity index (χ4n) is 2.23. The van der Waals surface area contributed by atoms with Crippen LogP contribution in [0.5, 0.6) is 0 Å². The van der Waals surface area contributed by atoms with Gasteiger partial charge in [-0.3, -0.25) is 4.79 Å². The van der Waals surface area contributed by atoms with Gasteiger partial charge in [0.2, 0.25) is 5.13 Å². The Hall–Kier alpha value is -1.69. The molecule has 0 saturated heterocycles. The lowest BCUT2D eigenvalue weighted by Crippen LogP contribution is -2.27. The second-order valence-corrected chi connectivity index (χ2v) is 5.73. The van der Waals surface area contributed by atoms with Gasteiger partial charge in [-0.2, -0.15) is 0 Å². The van der Waals surface area contributed by atoms with Crippen molar-refractivity contribution in [3.63, 3.8) is 0 Å². The molecule has 5 nitrogen and oxygen atoms in total. The summed E-state index contributed by atoms with van der Waals surface area (Å²) >= 11 is 1.25. The summed E-state index contributed by atoms with van der Waals surface area (Å²) in [4.78, 5) is 12.7. The van der Waals surface area contributed by atoms with Gasteiger partial charge in [0.05, 0.1) is 5.56 Å². The minimum atomic E-state index is -0.0111. The Morgan fingerprint density at radius 3 is 2.63 bits per heavy atom. The average molecular weight is 278 g/mol. The van der Waals surface area contributed by atoms with Gasteiger partial charge in [0.1, 0.15) is 0 Å². The summed E-state index contributed by atoms with van der Waals surface area (Å²) in [6, 6.07) is 2.18. The SMILES string of the molecule is CCC(C)n1c(C)cc(C)c(-c2nnc(N)s2)c1=O. The molecule has 2 heterocycles. The summed E-state index contributed by atoms with van der Waals surface area (Å²) in [5.41, 5.74) is 8.09. The van der Waals surface area contributed by atoms with Gasteiger partial charge >= 0.3 is 0 Å². The summed E-state index contributed by atoms with van der Waals surface area (Å²) in [6.07, 6.45) is 0.904. The van der Waals surface area contributed by atoms with Crippen molar-refractivity contribution < 1.29 is 0 Å². The molecule has 0 saturated carbocycles. The van der Waals surface area contributed by atoms with E-state index in [1.165, 1.54) is 11.3 Å². The van der Waals surface area contributed by atoms with Gasteiger partial charge in [-0.1, -0.05) is 18.3 Å². The van der Waals surface area contributed by atoms with Crippen LogP contribution in [-0.2, 0) is 0 Å². The second kappa shape index (κ2) is 5.13. The molecular weight excluding hydrogens is 260 g/mol. The molecule has 102 valence electrons.